The van der Waals surface area contributed by atoms with Gasteiger partial charge in [0.15, 0.2) is 0 Å². The van der Waals surface area contributed by atoms with Crippen LogP contribution in [0.15, 0.2) is 18.2 Å². The van der Waals surface area contributed by atoms with Crippen LogP contribution in [0.2, 0.25) is 6.82 Å². The summed E-state index contributed by atoms with van der Waals surface area (Å²) in [6.07, 6.45) is 0. The van der Waals surface area contributed by atoms with E-state index in [2.05, 4.69) is 19.0 Å². The molecule has 0 saturated heterocycles. The van der Waals surface area contributed by atoms with Crippen molar-refractivity contribution in [1.29, 1.82) is 0 Å². The quantitative estimate of drug-likeness (QED) is 0.608. The van der Waals surface area contributed by atoms with E-state index in [9.17, 15) is 0 Å². The molecule has 0 aliphatic rings. The molecule has 0 radical (unpaired) electrons. The second-order valence-electron chi connectivity index (χ2n) is 2.89. The molecule has 66 valence electrons. The highest BCUT2D eigenvalue weighted by molar-refractivity contribution is 6.52. The molecule has 0 bridgehead atoms. The fourth-order valence-electron chi connectivity index (χ4n) is 1.24. The number of hydrogen-bond acceptors (Lipinski definition) is 2. The normalized spacial score (nSPS) is 9.58. The lowest BCUT2D eigenvalue weighted by Crippen LogP contribution is -2.10. The molecule has 0 amide bonds. The number of rotatable bonds is 3. The van der Waals surface area contributed by atoms with Gasteiger partial charge in [-0.25, -0.2) is 5.46 Å². The Morgan fingerprint density at radius 1 is 1.00 bits per heavy atom. The Labute approximate surface area is 73.7 Å². The van der Waals surface area contributed by atoms with Gasteiger partial charge in [-0.15, -0.1) is 0 Å². The number of benzene rings is 1. The predicted octanol–water partition coefficient (Wildman–Crippen LogP) is 0.546. The first-order valence-corrected chi connectivity index (χ1v) is 4.46. The van der Waals surface area contributed by atoms with Crippen molar-refractivity contribution in [2.45, 2.75) is 6.82 Å². The van der Waals surface area contributed by atoms with Crippen LogP contribution in [-0.4, -0.2) is 21.5 Å². The smallest absolute Gasteiger partial charge is 0.119 e. The molecule has 0 saturated carbocycles. The molecule has 1 aromatic carbocycles. The average Bonchev–Trinajstić information content (AvgIpc) is 2.16. The molecule has 0 aromatic heterocycles. The molecule has 1 rings (SSSR count). The largest absolute Gasteiger partial charge is 0.497 e. The van der Waals surface area contributed by atoms with E-state index in [1.165, 1.54) is 5.46 Å². The van der Waals surface area contributed by atoms with Gasteiger partial charge in [-0.2, -0.15) is 6.82 Å². The van der Waals surface area contributed by atoms with Gasteiger partial charge in [-0.3, -0.25) is 0 Å². The Balaban J connectivity index is 3.01. The van der Waals surface area contributed by atoms with E-state index in [4.69, 9.17) is 9.47 Å². The van der Waals surface area contributed by atoms with Crippen molar-refractivity contribution in [3.05, 3.63) is 18.2 Å². The second-order valence-corrected chi connectivity index (χ2v) is 2.89. The lowest BCUT2D eigenvalue weighted by molar-refractivity contribution is 0.395. The molecule has 0 N–H and O–H groups in total. The number of methoxy groups -OCH3 is 2. The van der Waals surface area contributed by atoms with Crippen molar-refractivity contribution in [1.82, 2.24) is 0 Å². The van der Waals surface area contributed by atoms with Crippen LogP contribution in [0.5, 0.6) is 11.5 Å². The maximum Gasteiger partial charge on any atom is 0.119 e. The molecule has 0 spiro atoms. The summed E-state index contributed by atoms with van der Waals surface area (Å²) in [7, 11) is 3.33. The molecule has 0 aliphatic heterocycles. The van der Waals surface area contributed by atoms with E-state index >= 15 is 0 Å². The van der Waals surface area contributed by atoms with Gasteiger partial charge in [0, 0.05) is 6.07 Å². The Kier molecular flexibility index (Phi) is 3.03. The summed E-state index contributed by atoms with van der Waals surface area (Å²) >= 11 is 0. The summed E-state index contributed by atoms with van der Waals surface area (Å²) in [5.74, 6) is 1.77. The molecule has 0 unspecified atom stereocenters. The standard InChI is InChI=1S/C9H14BO2/c1-10-7-4-8(11-2)6-9(5-7)12-3/h4-6H,10H2,1-3H3/q-1. The zero-order valence-electron chi connectivity index (χ0n) is 8.05. The molecular weight excluding hydrogens is 151 g/mol. The minimum Gasteiger partial charge on any atom is -0.497 e. The topological polar surface area (TPSA) is 18.5 Å². The number of hydrogen-bond donors (Lipinski definition) is 0. The van der Waals surface area contributed by atoms with Crippen LogP contribution in [-0.2, 0) is 0 Å². The van der Waals surface area contributed by atoms with Crippen molar-refractivity contribution in [3.8, 4) is 11.5 Å². The molecule has 1 aromatic rings. The highest BCUT2D eigenvalue weighted by Gasteiger charge is 1.95. The van der Waals surface area contributed by atoms with Gasteiger partial charge in [0.25, 0.3) is 0 Å². The molecule has 12 heavy (non-hydrogen) atoms. The van der Waals surface area contributed by atoms with E-state index in [0.29, 0.717) is 0 Å². The summed E-state index contributed by atoms with van der Waals surface area (Å²) in [4.78, 5) is 0. The van der Waals surface area contributed by atoms with Crippen LogP contribution in [0.1, 0.15) is 0 Å². The fraction of sp³-hybridized carbons (Fsp3) is 0.333. The predicted molar refractivity (Wildman–Crippen MR) is 53.6 cm³/mol. The molecule has 0 heterocycles. The van der Waals surface area contributed by atoms with E-state index in [-0.39, 0.29) is 7.28 Å². The third-order valence-electron chi connectivity index (χ3n) is 2.07. The summed E-state index contributed by atoms with van der Waals surface area (Å²) in [6.45, 7) is 2.23. The van der Waals surface area contributed by atoms with Gasteiger partial charge in [0.2, 0.25) is 0 Å². The molecule has 0 atom stereocenters. The molecule has 3 heteroatoms. The minimum atomic E-state index is -0.0178. The lowest BCUT2D eigenvalue weighted by atomic mass is 9.73. The van der Waals surface area contributed by atoms with Crippen molar-refractivity contribution < 1.29 is 9.47 Å². The zero-order chi connectivity index (χ0) is 8.97. The van der Waals surface area contributed by atoms with Gasteiger partial charge in [0.1, 0.15) is 11.5 Å². The maximum absolute atomic E-state index is 5.14. The summed E-state index contributed by atoms with van der Waals surface area (Å²) < 4.78 is 10.3. The highest BCUT2D eigenvalue weighted by atomic mass is 16.5. The SMILES string of the molecule is C[BH2-]c1cc(OC)cc(OC)c1. The Morgan fingerprint density at radius 3 is 1.83 bits per heavy atom. The third-order valence-corrected chi connectivity index (χ3v) is 2.07. The van der Waals surface area contributed by atoms with E-state index in [1.54, 1.807) is 14.2 Å². The van der Waals surface area contributed by atoms with Gasteiger partial charge >= 0.3 is 0 Å². The third kappa shape index (κ3) is 1.94. The molecule has 0 fully saturated rings. The van der Waals surface area contributed by atoms with Crippen LogP contribution in [0.4, 0.5) is 0 Å². The Morgan fingerprint density at radius 2 is 1.50 bits per heavy atom. The molecule has 0 aliphatic carbocycles. The summed E-state index contributed by atoms with van der Waals surface area (Å²) in [5.41, 5.74) is 1.35. The zero-order valence-corrected chi connectivity index (χ0v) is 8.05. The van der Waals surface area contributed by atoms with Crippen LogP contribution < -0.4 is 14.9 Å². The van der Waals surface area contributed by atoms with Crippen LogP contribution >= 0.6 is 0 Å². The highest BCUT2D eigenvalue weighted by Crippen LogP contribution is 2.16. The second kappa shape index (κ2) is 4.05. The van der Waals surface area contributed by atoms with E-state index in [0.717, 1.165) is 11.5 Å². The van der Waals surface area contributed by atoms with Crippen molar-refractivity contribution in [2.24, 2.45) is 0 Å². The van der Waals surface area contributed by atoms with Crippen LogP contribution in [0.25, 0.3) is 0 Å². The molecular formula is C9H14BO2-. The van der Waals surface area contributed by atoms with E-state index < -0.39 is 0 Å². The minimum absolute atomic E-state index is 0.0178. The van der Waals surface area contributed by atoms with Gasteiger partial charge in [0.05, 0.1) is 14.2 Å². The maximum atomic E-state index is 5.14. The molecule has 2 nitrogen and oxygen atoms in total. The van der Waals surface area contributed by atoms with Crippen LogP contribution in [0, 0.1) is 0 Å². The average molecular weight is 165 g/mol. The van der Waals surface area contributed by atoms with Gasteiger partial charge in [-0.05, 0) is 7.28 Å². The number of ether oxygens (including phenoxy) is 2. The monoisotopic (exact) mass is 165 g/mol. The first kappa shape index (κ1) is 8.98. The van der Waals surface area contributed by atoms with E-state index in [1.807, 2.05) is 6.07 Å². The van der Waals surface area contributed by atoms with Crippen molar-refractivity contribution >= 4 is 12.7 Å². The van der Waals surface area contributed by atoms with Crippen molar-refractivity contribution in [2.75, 3.05) is 14.2 Å². The summed E-state index contributed by atoms with van der Waals surface area (Å²) in [6, 6.07) is 6.04. The van der Waals surface area contributed by atoms with Gasteiger partial charge < -0.3 is 9.47 Å². The summed E-state index contributed by atoms with van der Waals surface area (Å²) in [5, 5.41) is 0. The van der Waals surface area contributed by atoms with Crippen molar-refractivity contribution in [3.63, 3.8) is 0 Å². The van der Waals surface area contributed by atoms with Crippen LogP contribution in [0.3, 0.4) is 0 Å². The lowest BCUT2D eigenvalue weighted by Gasteiger charge is -2.09. The Bertz CT molecular complexity index is 205. The first-order chi connectivity index (χ1) is 5.80. The Hall–Kier alpha value is -1.12. The first-order valence-electron chi connectivity index (χ1n) is 4.46. The van der Waals surface area contributed by atoms with Gasteiger partial charge in [-0.1, -0.05) is 12.1 Å². The fourth-order valence-corrected chi connectivity index (χ4v) is 1.24.